The molecule has 3 heterocycles. The summed E-state index contributed by atoms with van der Waals surface area (Å²) in [6.45, 7) is 2.08. The van der Waals surface area contributed by atoms with Crippen LogP contribution >= 0.6 is 11.3 Å². The number of aromatic amines is 1. The summed E-state index contributed by atoms with van der Waals surface area (Å²) in [5, 5.41) is 6.16. The molecule has 4 nitrogen and oxygen atoms in total. The summed E-state index contributed by atoms with van der Waals surface area (Å²) in [6.07, 6.45) is 4.87. The maximum atomic E-state index is 12.3. The lowest BCUT2D eigenvalue weighted by Gasteiger charge is -2.15. The zero-order valence-electron chi connectivity index (χ0n) is 11.8. The van der Waals surface area contributed by atoms with Crippen LogP contribution < -0.4 is 5.32 Å². The molecule has 3 aromatic heterocycles. The lowest BCUT2D eigenvalue weighted by molar-refractivity contribution is -0.121. The number of nitrogens with one attached hydrogen (secondary N) is 2. The molecule has 0 aliphatic carbocycles. The Hall–Kier alpha value is -2.14. The highest BCUT2D eigenvalue weighted by atomic mass is 32.1. The minimum Gasteiger partial charge on any atom is -0.348 e. The van der Waals surface area contributed by atoms with Gasteiger partial charge in [0.2, 0.25) is 5.91 Å². The predicted octanol–water partition coefficient (Wildman–Crippen LogP) is 3.43. The Bertz CT molecular complexity index is 733. The summed E-state index contributed by atoms with van der Waals surface area (Å²) in [5.74, 6) is 0.0417. The van der Waals surface area contributed by atoms with Gasteiger partial charge in [-0.2, -0.15) is 0 Å². The highest BCUT2D eigenvalue weighted by Gasteiger charge is 2.15. The molecule has 3 aromatic rings. The molecule has 5 heteroatoms. The SMILES string of the molecule is CC[C@@H](NC(=O)Cc1c[nH]c2ncccc12)c1cccs1. The molecular formula is C16H17N3OS. The van der Waals surface area contributed by atoms with Crippen molar-refractivity contribution in [2.45, 2.75) is 25.8 Å². The molecule has 1 amide bonds. The zero-order chi connectivity index (χ0) is 14.7. The van der Waals surface area contributed by atoms with Gasteiger partial charge in [-0.25, -0.2) is 4.98 Å². The number of nitrogens with zero attached hydrogens (tertiary/aromatic N) is 1. The Morgan fingerprint density at radius 1 is 1.43 bits per heavy atom. The largest absolute Gasteiger partial charge is 0.348 e. The molecule has 0 spiro atoms. The fraction of sp³-hybridized carbons (Fsp3) is 0.250. The normalized spacial score (nSPS) is 12.4. The van der Waals surface area contributed by atoms with Gasteiger partial charge >= 0.3 is 0 Å². The third-order valence-corrected chi connectivity index (χ3v) is 4.50. The van der Waals surface area contributed by atoms with Gasteiger partial charge in [0.25, 0.3) is 0 Å². The van der Waals surface area contributed by atoms with Crippen molar-refractivity contribution >= 4 is 28.3 Å². The fourth-order valence-corrected chi connectivity index (χ4v) is 3.30. The van der Waals surface area contributed by atoms with Crippen LogP contribution in [-0.2, 0) is 11.2 Å². The van der Waals surface area contributed by atoms with Crippen molar-refractivity contribution in [3.8, 4) is 0 Å². The summed E-state index contributed by atoms with van der Waals surface area (Å²) in [6, 6.07) is 8.05. The van der Waals surface area contributed by atoms with E-state index < -0.39 is 0 Å². The van der Waals surface area contributed by atoms with Crippen LogP contribution in [0.2, 0.25) is 0 Å². The van der Waals surface area contributed by atoms with Crippen LogP contribution in [0.15, 0.2) is 42.0 Å². The quantitative estimate of drug-likeness (QED) is 0.758. The third kappa shape index (κ3) is 2.97. The van der Waals surface area contributed by atoms with Gasteiger partial charge in [0.05, 0.1) is 12.5 Å². The standard InChI is InChI=1S/C16H17N3OS/c1-2-13(14-6-4-8-21-14)19-15(20)9-11-10-18-16-12(11)5-3-7-17-16/h3-8,10,13H,2,9H2,1H3,(H,17,18)(H,19,20)/t13-/m1/s1. The second-order valence-electron chi connectivity index (χ2n) is 4.93. The van der Waals surface area contributed by atoms with Crippen molar-refractivity contribution in [1.82, 2.24) is 15.3 Å². The van der Waals surface area contributed by atoms with E-state index in [9.17, 15) is 4.79 Å². The Balaban J connectivity index is 1.71. The molecule has 2 N–H and O–H groups in total. The number of fused-ring (bicyclic) bond motifs is 1. The van der Waals surface area contributed by atoms with E-state index in [4.69, 9.17) is 0 Å². The van der Waals surface area contributed by atoms with Crippen molar-refractivity contribution in [1.29, 1.82) is 0 Å². The van der Waals surface area contributed by atoms with Crippen LogP contribution in [0.5, 0.6) is 0 Å². The Morgan fingerprint density at radius 2 is 2.33 bits per heavy atom. The van der Waals surface area contributed by atoms with Crippen molar-refractivity contribution in [2.24, 2.45) is 0 Å². The second-order valence-corrected chi connectivity index (χ2v) is 5.91. The molecule has 0 aromatic carbocycles. The minimum absolute atomic E-state index is 0.0417. The number of carbonyl (C=O) groups is 1. The van der Waals surface area contributed by atoms with E-state index in [-0.39, 0.29) is 11.9 Å². The summed E-state index contributed by atoms with van der Waals surface area (Å²) >= 11 is 1.68. The number of hydrogen-bond donors (Lipinski definition) is 2. The number of carbonyl (C=O) groups excluding carboxylic acids is 1. The number of H-pyrrole nitrogens is 1. The predicted molar refractivity (Wildman–Crippen MR) is 85.3 cm³/mol. The number of pyridine rings is 1. The molecule has 0 saturated heterocycles. The summed E-state index contributed by atoms with van der Waals surface area (Å²) < 4.78 is 0. The molecular weight excluding hydrogens is 282 g/mol. The highest BCUT2D eigenvalue weighted by Crippen LogP contribution is 2.22. The van der Waals surface area contributed by atoms with E-state index in [1.165, 1.54) is 4.88 Å². The smallest absolute Gasteiger partial charge is 0.225 e. The Morgan fingerprint density at radius 3 is 3.10 bits per heavy atom. The molecule has 0 fully saturated rings. The van der Waals surface area contributed by atoms with Gasteiger partial charge in [0, 0.05) is 22.7 Å². The van der Waals surface area contributed by atoms with E-state index in [1.807, 2.05) is 29.8 Å². The molecule has 0 radical (unpaired) electrons. The average molecular weight is 299 g/mol. The van der Waals surface area contributed by atoms with Crippen molar-refractivity contribution in [3.63, 3.8) is 0 Å². The number of hydrogen-bond acceptors (Lipinski definition) is 3. The van der Waals surface area contributed by atoms with Crippen molar-refractivity contribution in [3.05, 3.63) is 52.5 Å². The van der Waals surface area contributed by atoms with Crippen molar-refractivity contribution < 1.29 is 4.79 Å². The molecule has 0 aliphatic heterocycles. The monoisotopic (exact) mass is 299 g/mol. The number of thiophene rings is 1. The van der Waals surface area contributed by atoms with Gasteiger partial charge in [-0.3, -0.25) is 4.79 Å². The van der Waals surface area contributed by atoms with Crippen LogP contribution in [0, 0.1) is 0 Å². The van der Waals surface area contributed by atoms with Gasteiger partial charge < -0.3 is 10.3 Å². The first-order chi connectivity index (χ1) is 10.3. The van der Waals surface area contributed by atoms with Crippen LogP contribution in [0.25, 0.3) is 11.0 Å². The van der Waals surface area contributed by atoms with E-state index in [0.717, 1.165) is 23.0 Å². The van der Waals surface area contributed by atoms with Crippen LogP contribution in [0.1, 0.15) is 29.8 Å². The third-order valence-electron chi connectivity index (χ3n) is 3.52. The van der Waals surface area contributed by atoms with Crippen LogP contribution in [-0.4, -0.2) is 15.9 Å². The van der Waals surface area contributed by atoms with E-state index in [2.05, 4.69) is 28.3 Å². The maximum Gasteiger partial charge on any atom is 0.225 e. The Labute approximate surface area is 127 Å². The van der Waals surface area contributed by atoms with Crippen LogP contribution in [0.3, 0.4) is 0 Å². The molecule has 1 atom stereocenters. The first kappa shape index (κ1) is 13.8. The first-order valence-corrected chi connectivity index (χ1v) is 7.89. The summed E-state index contributed by atoms with van der Waals surface area (Å²) in [5.41, 5.74) is 1.81. The molecule has 0 unspecified atom stereocenters. The minimum atomic E-state index is 0.0417. The average Bonchev–Trinajstić information content (AvgIpc) is 3.15. The second kappa shape index (κ2) is 6.10. The zero-order valence-corrected chi connectivity index (χ0v) is 12.6. The molecule has 3 rings (SSSR count). The van der Waals surface area contributed by atoms with E-state index >= 15 is 0 Å². The Kier molecular flexibility index (Phi) is 4.01. The van der Waals surface area contributed by atoms with Gasteiger partial charge in [0.15, 0.2) is 0 Å². The van der Waals surface area contributed by atoms with Crippen LogP contribution in [0.4, 0.5) is 0 Å². The summed E-state index contributed by atoms with van der Waals surface area (Å²) in [7, 11) is 0. The number of rotatable bonds is 5. The molecule has 21 heavy (non-hydrogen) atoms. The lowest BCUT2D eigenvalue weighted by Crippen LogP contribution is -2.28. The summed E-state index contributed by atoms with van der Waals surface area (Å²) in [4.78, 5) is 20.8. The van der Waals surface area contributed by atoms with Gasteiger partial charge in [0.1, 0.15) is 5.65 Å². The van der Waals surface area contributed by atoms with E-state index in [0.29, 0.717) is 6.42 Å². The molecule has 0 aliphatic rings. The van der Waals surface area contributed by atoms with Gasteiger partial charge in [-0.15, -0.1) is 11.3 Å². The lowest BCUT2D eigenvalue weighted by atomic mass is 10.1. The number of aromatic nitrogens is 2. The molecule has 0 saturated carbocycles. The first-order valence-electron chi connectivity index (χ1n) is 7.01. The van der Waals surface area contributed by atoms with Gasteiger partial charge in [-0.1, -0.05) is 13.0 Å². The van der Waals surface area contributed by atoms with Gasteiger partial charge in [-0.05, 0) is 35.6 Å². The van der Waals surface area contributed by atoms with E-state index in [1.54, 1.807) is 17.5 Å². The number of amides is 1. The topological polar surface area (TPSA) is 57.8 Å². The molecule has 108 valence electrons. The maximum absolute atomic E-state index is 12.3. The fourth-order valence-electron chi connectivity index (χ4n) is 2.44. The highest BCUT2D eigenvalue weighted by molar-refractivity contribution is 7.10. The van der Waals surface area contributed by atoms with Crippen molar-refractivity contribution in [2.75, 3.05) is 0 Å². The molecule has 0 bridgehead atoms.